The monoisotopic (exact) mass is 439 g/mol. The minimum Gasteiger partial charge on any atom is -0.493 e. The number of carbonyl (C=O) groups excluding carboxylic acids is 1. The second-order valence-electron chi connectivity index (χ2n) is 6.07. The van der Waals surface area contributed by atoms with Crippen LogP contribution in [0.1, 0.15) is 22.6 Å². The van der Waals surface area contributed by atoms with Crippen LogP contribution in [0.4, 0.5) is 0 Å². The van der Waals surface area contributed by atoms with Gasteiger partial charge in [0.1, 0.15) is 4.90 Å². The molecule has 1 aliphatic heterocycles. The minimum absolute atomic E-state index is 0.0344. The number of amides is 1. The van der Waals surface area contributed by atoms with Crippen molar-refractivity contribution in [3.63, 3.8) is 0 Å². The number of hydrogen-bond donors (Lipinski definition) is 1. The second-order valence-corrected chi connectivity index (χ2v) is 10.3. The highest BCUT2D eigenvalue weighted by molar-refractivity contribution is 8.19. The maximum Gasteiger partial charge on any atom is 0.339 e. The normalized spacial score (nSPS) is 14.6. The lowest BCUT2D eigenvalue weighted by molar-refractivity contribution is -0.119. The van der Waals surface area contributed by atoms with Gasteiger partial charge in [-0.2, -0.15) is 8.42 Å². The molecule has 28 heavy (non-hydrogen) atoms. The van der Waals surface area contributed by atoms with Crippen molar-refractivity contribution in [3.8, 4) is 11.5 Å². The Bertz CT molecular complexity index is 939. The van der Waals surface area contributed by atoms with Gasteiger partial charge in [0.2, 0.25) is 5.91 Å². The molecule has 0 aliphatic carbocycles. The number of carbonyl (C=O) groups is 1. The van der Waals surface area contributed by atoms with Crippen molar-refractivity contribution in [1.82, 2.24) is 5.32 Å². The van der Waals surface area contributed by atoms with Crippen molar-refractivity contribution < 1.29 is 22.1 Å². The fourth-order valence-electron chi connectivity index (χ4n) is 2.62. The summed E-state index contributed by atoms with van der Waals surface area (Å²) in [5, 5.41) is 2.66. The molecule has 1 saturated heterocycles. The van der Waals surface area contributed by atoms with E-state index in [2.05, 4.69) is 5.32 Å². The molecule has 0 bridgehead atoms. The fourth-order valence-corrected chi connectivity index (χ4v) is 6.40. The molecule has 0 radical (unpaired) electrons. The van der Waals surface area contributed by atoms with Crippen LogP contribution in [0.3, 0.4) is 0 Å². The van der Waals surface area contributed by atoms with Gasteiger partial charge in [0.25, 0.3) is 0 Å². The molecule has 6 nitrogen and oxygen atoms in total. The zero-order chi connectivity index (χ0) is 20.1. The summed E-state index contributed by atoms with van der Waals surface area (Å²) in [6.07, 6.45) is 0. The van der Waals surface area contributed by atoms with Gasteiger partial charge in [-0.1, -0.05) is 18.2 Å². The van der Waals surface area contributed by atoms with Gasteiger partial charge in [0.05, 0.1) is 11.7 Å². The number of hydrogen-bond acceptors (Lipinski definition) is 7. The van der Waals surface area contributed by atoms with Crippen LogP contribution in [0.15, 0.2) is 47.4 Å². The first-order chi connectivity index (χ1) is 13.4. The average molecular weight is 440 g/mol. The van der Waals surface area contributed by atoms with E-state index in [4.69, 9.17) is 8.92 Å². The van der Waals surface area contributed by atoms with Crippen molar-refractivity contribution >= 4 is 39.5 Å². The van der Waals surface area contributed by atoms with E-state index in [1.807, 2.05) is 35.7 Å². The largest absolute Gasteiger partial charge is 0.493 e. The van der Waals surface area contributed by atoms with Crippen LogP contribution in [0.5, 0.6) is 11.5 Å². The predicted octanol–water partition coefficient (Wildman–Crippen LogP) is 3.58. The van der Waals surface area contributed by atoms with Crippen molar-refractivity contribution in [2.24, 2.45) is 0 Å². The van der Waals surface area contributed by atoms with Gasteiger partial charge in [-0.15, -0.1) is 23.5 Å². The second kappa shape index (κ2) is 9.11. The van der Waals surface area contributed by atoms with E-state index in [0.717, 1.165) is 22.6 Å². The van der Waals surface area contributed by atoms with E-state index in [-0.39, 0.29) is 16.6 Å². The topological polar surface area (TPSA) is 81.7 Å². The van der Waals surface area contributed by atoms with E-state index in [1.165, 1.54) is 26.2 Å². The number of methoxy groups -OCH3 is 1. The molecule has 1 N–H and O–H groups in total. The zero-order valence-corrected chi connectivity index (χ0v) is 18.0. The van der Waals surface area contributed by atoms with E-state index >= 15 is 0 Å². The lowest BCUT2D eigenvalue weighted by Crippen LogP contribution is -2.19. The van der Waals surface area contributed by atoms with Crippen LogP contribution in [0.2, 0.25) is 0 Å². The number of nitrogens with one attached hydrogen (secondary N) is 1. The standard InChI is InChI=1S/C19H21NO5S3/c1-13(21)20-12-14-3-6-16(7-4-14)28(22,23)25-17-8-5-15(11-18(17)24-2)19-26-9-10-27-19/h3-8,11,19H,9-10,12H2,1-2H3,(H,20,21). The number of ether oxygens (including phenoxy) is 1. The SMILES string of the molecule is COc1cc(C2SCCS2)ccc1OS(=O)(=O)c1ccc(CNC(C)=O)cc1. The number of benzene rings is 2. The third-order valence-corrected chi connectivity index (χ3v) is 8.39. The van der Waals surface area contributed by atoms with Gasteiger partial charge in [-0.25, -0.2) is 0 Å². The lowest BCUT2D eigenvalue weighted by atomic mass is 10.2. The van der Waals surface area contributed by atoms with Crippen molar-refractivity contribution in [3.05, 3.63) is 53.6 Å². The number of rotatable bonds is 7. The van der Waals surface area contributed by atoms with Crippen LogP contribution in [0.25, 0.3) is 0 Å². The Balaban J connectivity index is 1.76. The Hall–Kier alpha value is -1.84. The molecule has 0 aromatic heterocycles. The van der Waals surface area contributed by atoms with Crippen molar-refractivity contribution in [2.75, 3.05) is 18.6 Å². The summed E-state index contributed by atoms with van der Waals surface area (Å²) in [4.78, 5) is 11.0. The van der Waals surface area contributed by atoms with E-state index in [9.17, 15) is 13.2 Å². The average Bonchev–Trinajstić information content (AvgIpc) is 3.21. The Kier molecular flexibility index (Phi) is 6.79. The van der Waals surface area contributed by atoms with Gasteiger partial charge in [0, 0.05) is 25.0 Å². The molecule has 0 atom stereocenters. The summed E-state index contributed by atoms with van der Waals surface area (Å²) >= 11 is 3.72. The predicted molar refractivity (Wildman–Crippen MR) is 112 cm³/mol. The molecule has 1 heterocycles. The van der Waals surface area contributed by atoms with Crippen molar-refractivity contribution in [1.29, 1.82) is 0 Å². The van der Waals surface area contributed by atoms with E-state index in [1.54, 1.807) is 18.2 Å². The van der Waals surface area contributed by atoms with Gasteiger partial charge in [-0.05, 0) is 35.4 Å². The van der Waals surface area contributed by atoms with Gasteiger partial charge in [-0.3, -0.25) is 4.79 Å². The molecular formula is C19H21NO5S3. The molecular weight excluding hydrogens is 418 g/mol. The highest BCUT2D eigenvalue weighted by atomic mass is 32.2. The first-order valence-electron chi connectivity index (χ1n) is 8.58. The molecule has 2 aromatic rings. The Morgan fingerprint density at radius 3 is 2.39 bits per heavy atom. The third kappa shape index (κ3) is 5.15. The zero-order valence-electron chi connectivity index (χ0n) is 15.5. The minimum atomic E-state index is -4.00. The maximum absolute atomic E-state index is 12.6. The van der Waals surface area contributed by atoms with Gasteiger partial charge in [0.15, 0.2) is 11.5 Å². The maximum atomic E-state index is 12.6. The summed E-state index contributed by atoms with van der Waals surface area (Å²) in [5.74, 6) is 2.59. The molecule has 0 spiro atoms. The summed E-state index contributed by atoms with van der Waals surface area (Å²) in [6.45, 7) is 1.76. The molecule has 0 saturated carbocycles. The van der Waals surface area contributed by atoms with Crippen molar-refractivity contribution in [2.45, 2.75) is 22.9 Å². The smallest absolute Gasteiger partial charge is 0.339 e. The Morgan fingerprint density at radius 1 is 1.11 bits per heavy atom. The summed E-state index contributed by atoms with van der Waals surface area (Å²) in [6, 6.07) is 11.5. The van der Waals surface area contributed by atoms with Gasteiger partial charge < -0.3 is 14.2 Å². The molecule has 150 valence electrons. The molecule has 1 aliphatic rings. The molecule has 0 unspecified atom stereocenters. The molecule has 1 fully saturated rings. The summed E-state index contributed by atoms with van der Waals surface area (Å²) < 4.78 is 36.3. The molecule has 1 amide bonds. The highest BCUT2D eigenvalue weighted by Crippen LogP contribution is 2.47. The number of thioether (sulfide) groups is 2. The third-order valence-electron chi connectivity index (χ3n) is 4.03. The Morgan fingerprint density at radius 2 is 1.79 bits per heavy atom. The quantitative estimate of drug-likeness (QED) is 0.661. The van der Waals surface area contributed by atoms with Crippen LogP contribution in [-0.4, -0.2) is 32.9 Å². The summed E-state index contributed by atoms with van der Waals surface area (Å²) in [5.41, 5.74) is 1.87. The first kappa shape index (κ1) is 20.9. The molecule has 2 aromatic carbocycles. The van der Waals surface area contributed by atoms with Crippen LogP contribution in [0, 0.1) is 0 Å². The summed E-state index contributed by atoms with van der Waals surface area (Å²) in [7, 11) is -2.51. The van der Waals surface area contributed by atoms with Crippen LogP contribution >= 0.6 is 23.5 Å². The van der Waals surface area contributed by atoms with Gasteiger partial charge >= 0.3 is 10.1 Å². The van der Waals surface area contributed by atoms with E-state index in [0.29, 0.717) is 16.9 Å². The first-order valence-corrected chi connectivity index (χ1v) is 12.1. The lowest BCUT2D eigenvalue weighted by Gasteiger charge is -2.14. The fraction of sp³-hybridized carbons (Fsp3) is 0.316. The molecule has 9 heteroatoms. The highest BCUT2D eigenvalue weighted by Gasteiger charge is 2.23. The Labute approximate surface area is 173 Å². The molecule has 3 rings (SSSR count). The van der Waals surface area contributed by atoms with E-state index < -0.39 is 10.1 Å². The van der Waals surface area contributed by atoms with Crippen LogP contribution in [-0.2, 0) is 21.5 Å². The van der Waals surface area contributed by atoms with Crippen LogP contribution < -0.4 is 14.2 Å².